The molecule has 0 aromatic rings. The number of nitrogens with zero attached hydrogens (tertiary/aromatic N) is 3. The molecule has 0 spiro atoms. The van der Waals surface area contributed by atoms with Gasteiger partial charge in [-0.3, -0.25) is 4.90 Å². The molecular weight excluding hydrogens is 222 g/mol. The zero-order chi connectivity index (χ0) is 13.1. The fourth-order valence-corrected chi connectivity index (χ4v) is 3.91. The number of likely N-dealkylation sites (N-methyl/N-ethyl adjacent to an activating group) is 1. The molecule has 3 aliphatic heterocycles. The standard InChI is InChI=1S/C13H25N3.C2H6/c1-3-15-6-4-11(5-7-15)16-10-12-8-13(16)9-14(12)2;1-2/h11-13H,3-10H2,1-2H3;1-2H3. The van der Waals surface area contributed by atoms with Crippen LogP contribution >= 0.6 is 0 Å². The molecule has 3 heteroatoms. The number of fused-ring (bicyclic) bond motifs is 2. The normalized spacial score (nSPS) is 34.7. The van der Waals surface area contributed by atoms with Crippen LogP contribution in [0.4, 0.5) is 0 Å². The van der Waals surface area contributed by atoms with Crippen molar-refractivity contribution in [3.63, 3.8) is 0 Å². The molecule has 3 heterocycles. The molecule has 3 rings (SSSR count). The van der Waals surface area contributed by atoms with Crippen molar-refractivity contribution in [3.8, 4) is 0 Å². The van der Waals surface area contributed by atoms with Gasteiger partial charge in [-0.15, -0.1) is 0 Å². The third-order valence-corrected chi connectivity index (χ3v) is 5.03. The first-order chi connectivity index (χ1) is 8.78. The summed E-state index contributed by atoms with van der Waals surface area (Å²) in [6.45, 7) is 12.8. The minimum atomic E-state index is 0.870. The first-order valence-electron chi connectivity index (χ1n) is 7.96. The summed E-state index contributed by atoms with van der Waals surface area (Å²) in [4.78, 5) is 7.98. The number of piperidine rings is 1. The molecule has 0 aromatic heterocycles. The maximum absolute atomic E-state index is 2.83. The zero-order valence-electron chi connectivity index (χ0n) is 12.7. The molecule has 3 nitrogen and oxygen atoms in total. The maximum Gasteiger partial charge on any atom is 0.0242 e. The van der Waals surface area contributed by atoms with Gasteiger partial charge in [-0.1, -0.05) is 20.8 Å². The van der Waals surface area contributed by atoms with Gasteiger partial charge in [-0.25, -0.2) is 0 Å². The van der Waals surface area contributed by atoms with Crippen molar-refractivity contribution >= 4 is 0 Å². The number of rotatable bonds is 2. The fourth-order valence-electron chi connectivity index (χ4n) is 3.91. The van der Waals surface area contributed by atoms with Crippen LogP contribution < -0.4 is 0 Å². The molecule has 106 valence electrons. The van der Waals surface area contributed by atoms with Gasteiger partial charge in [0.1, 0.15) is 0 Å². The molecule has 0 radical (unpaired) electrons. The molecule has 0 aromatic carbocycles. The Kier molecular flexibility index (Phi) is 5.05. The third kappa shape index (κ3) is 2.73. The van der Waals surface area contributed by atoms with Gasteiger partial charge in [0.05, 0.1) is 0 Å². The lowest BCUT2D eigenvalue weighted by Crippen LogP contribution is -2.52. The van der Waals surface area contributed by atoms with Gasteiger partial charge in [0, 0.05) is 31.2 Å². The van der Waals surface area contributed by atoms with E-state index in [0.717, 1.165) is 18.1 Å². The van der Waals surface area contributed by atoms with Crippen molar-refractivity contribution in [2.75, 3.05) is 39.8 Å². The van der Waals surface area contributed by atoms with Crippen molar-refractivity contribution in [1.29, 1.82) is 0 Å². The van der Waals surface area contributed by atoms with E-state index >= 15 is 0 Å². The van der Waals surface area contributed by atoms with Gasteiger partial charge in [-0.05, 0) is 45.9 Å². The Hall–Kier alpha value is -0.120. The number of likely N-dealkylation sites (tertiary alicyclic amines) is 3. The summed E-state index contributed by atoms with van der Waals surface area (Å²) in [6.07, 6.45) is 4.24. The van der Waals surface area contributed by atoms with Crippen LogP contribution in [0.5, 0.6) is 0 Å². The van der Waals surface area contributed by atoms with Gasteiger partial charge in [0.15, 0.2) is 0 Å². The molecule has 3 saturated heterocycles. The molecule has 2 atom stereocenters. The third-order valence-electron chi connectivity index (χ3n) is 5.03. The Morgan fingerprint density at radius 2 is 1.61 bits per heavy atom. The number of hydrogen-bond donors (Lipinski definition) is 0. The number of hydrogen-bond acceptors (Lipinski definition) is 3. The first-order valence-corrected chi connectivity index (χ1v) is 7.96. The largest absolute Gasteiger partial charge is 0.303 e. The molecule has 0 saturated carbocycles. The molecule has 3 fully saturated rings. The van der Waals surface area contributed by atoms with Gasteiger partial charge in [-0.2, -0.15) is 0 Å². The lowest BCUT2D eigenvalue weighted by atomic mass is 10.0. The van der Waals surface area contributed by atoms with E-state index in [2.05, 4.69) is 28.7 Å². The van der Waals surface area contributed by atoms with Crippen molar-refractivity contribution in [3.05, 3.63) is 0 Å². The van der Waals surface area contributed by atoms with Crippen molar-refractivity contribution < 1.29 is 0 Å². The Balaban J connectivity index is 0.000000574. The summed E-state index contributed by atoms with van der Waals surface area (Å²) in [7, 11) is 2.29. The minimum Gasteiger partial charge on any atom is -0.303 e. The molecule has 18 heavy (non-hydrogen) atoms. The van der Waals surface area contributed by atoms with E-state index in [1.807, 2.05) is 13.8 Å². The highest BCUT2D eigenvalue weighted by molar-refractivity contribution is 5.01. The van der Waals surface area contributed by atoms with Crippen molar-refractivity contribution in [2.45, 2.75) is 58.2 Å². The Morgan fingerprint density at radius 1 is 0.944 bits per heavy atom. The van der Waals surface area contributed by atoms with E-state index in [1.54, 1.807) is 0 Å². The van der Waals surface area contributed by atoms with Crippen LogP contribution in [0.25, 0.3) is 0 Å². The van der Waals surface area contributed by atoms with Crippen LogP contribution in [0.2, 0.25) is 0 Å². The van der Waals surface area contributed by atoms with Crippen LogP contribution in [0, 0.1) is 0 Å². The van der Waals surface area contributed by atoms with Crippen LogP contribution in [-0.2, 0) is 0 Å². The summed E-state index contributed by atoms with van der Waals surface area (Å²) >= 11 is 0. The SMILES string of the molecule is CC.CCN1CCC(N2CC3CC2CN3C)CC1. The fraction of sp³-hybridized carbons (Fsp3) is 1.00. The quantitative estimate of drug-likeness (QED) is 0.744. The van der Waals surface area contributed by atoms with E-state index in [0.29, 0.717) is 0 Å². The summed E-state index contributed by atoms with van der Waals surface area (Å²) in [5.74, 6) is 0. The highest BCUT2D eigenvalue weighted by atomic mass is 15.4. The van der Waals surface area contributed by atoms with Crippen LogP contribution in [-0.4, -0.2) is 72.6 Å². The van der Waals surface area contributed by atoms with Gasteiger partial charge in [0.2, 0.25) is 0 Å². The second kappa shape index (κ2) is 6.36. The second-order valence-electron chi connectivity index (χ2n) is 5.85. The highest BCUT2D eigenvalue weighted by Gasteiger charge is 2.44. The summed E-state index contributed by atoms with van der Waals surface area (Å²) < 4.78 is 0. The topological polar surface area (TPSA) is 9.72 Å². The van der Waals surface area contributed by atoms with Crippen molar-refractivity contribution in [2.24, 2.45) is 0 Å². The molecule has 3 aliphatic rings. The molecule has 0 N–H and O–H groups in total. The summed E-state index contributed by atoms with van der Waals surface area (Å²) in [6, 6.07) is 2.65. The smallest absolute Gasteiger partial charge is 0.0242 e. The molecule has 0 amide bonds. The predicted molar refractivity (Wildman–Crippen MR) is 78.0 cm³/mol. The lowest BCUT2D eigenvalue weighted by molar-refractivity contribution is 0.0645. The second-order valence-corrected chi connectivity index (χ2v) is 5.85. The Bertz CT molecular complexity index is 246. The predicted octanol–water partition coefficient (Wildman–Crippen LogP) is 1.89. The van der Waals surface area contributed by atoms with Crippen LogP contribution in [0.3, 0.4) is 0 Å². The number of piperazine rings is 1. The highest BCUT2D eigenvalue weighted by Crippen LogP contribution is 2.33. The molecule has 2 unspecified atom stereocenters. The van der Waals surface area contributed by atoms with Crippen molar-refractivity contribution in [1.82, 2.24) is 14.7 Å². The maximum atomic E-state index is 2.83. The Morgan fingerprint density at radius 3 is 2.06 bits per heavy atom. The zero-order valence-corrected chi connectivity index (χ0v) is 12.7. The van der Waals surface area contributed by atoms with Crippen LogP contribution in [0.1, 0.15) is 40.0 Å². The summed E-state index contributed by atoms with van der Waals surface area (Å²) in [5, 5.41) is 0. The van der Waals surface area contributed by atoms with Gasteiger partial charge >= 0.3 is 0 Å². The molecular formula is C15H31N3. The average molecular weight is 253 g/mol. The van der Waals surface area contributed by atoms with E-state index in [4.69, 9.17) is 0 Å². The first kappa shape index (κ1) is 14.3. The van der Waals surface area contributed by atoms with Crippen LogP contribution in [0.15, 0.2) is 0 Å². The molecule has 2 bridgehead atoms. The molecule has 0 aliphatic carbocycles. The minimum absolute atomic E-state index is 0.870. The average Bonchev–Trinajstić information content (AvgIpc) is 3.00. The van der Waals surface area contributed by atoms with Gasteiger partial charge in [0.25, 0.3) is 0 Å². The Labute approximate surface area is 113 Å². The summed E-state index contributed by atoms with van der Waals surface area (Å²) in [5.41, 5.74) is 0. The van der Waals surface area contributed by atoms with E-state index < -0.39 is 0 Å². The monoisotopic (exact) mass is 253 g/mol. The van der Waals surface area contributed by atoms with Gasteiger partial charge < -0.3 is 9.80 Å². The van der Waals surface area contributed by atoms with E-state index in [9.17, 15) is 0 Å². The lowest BCUT2D eigenvalue weighted by Gasteiger charge is -2.41. The van der Waals surface area contributed by atoms with E-state index in [-0.39, 0.29) is 0 Å². The van der Waals surface area contributed by atoms with E-state index in [1.165, 1.54) is 52.0 Å².